The first-order chi connectivity index (χ1) is 9.11. The van der Waals surface area contributed by atoms with Crippen LogP contribution in [-0.4, -0.2) is 9.91 Å². The van der Waals surface area contributed by atoms with Gasteiger partial charge in [-0.1, -0.05) is 0 Å². The molecule has 0 saturated heterocycles. The van der Waals surface area contributed by atoms with Crippen molar-refractivity contribution in [3.8, 4) is 6.07 Å². The normalized spacial score (nSPS) is 9.63. The summed E-state index contributed by atoms with van der Waals surface area (Å²) in [5.41, 5.74) is 6.34. The summed E-state index contributed by atoms with van der Waals surface area (Å²) in [4.78, 5) is 14.3. The van der Waals surface area contributed by atoms with E-state index in [2.05, 4.69) is 10.3 Å². The molecule has 0 saturated carbocycles. The number of hydrogen-bond acceptors (Lipinski definition) is 6. The lowest BCUT2D eigenvalue weighted by Crippen LogP contribution is -2.01. The highest BCUT2D eigenvalue weighted by atomic mass is 16.6. The van der Waals surface area contributed by atoms with Gasteiger partial charge in [0.25, 0.3) is 0 Å². The van der Waals surface area contributed by atoms with E-state index in [-0.39, 0.29) is 17.1 Å². The van der Waals surface area contributed by atoms with E-state index in [9.17, 15) is 10.1 Å². The molecule has 0 atom stereocenters. The summed E-state index contributed by atoms with van der Waals surface area (Å²) in [6.07, 6.45) is 1.34. The Morgan fingerprint density at radius 2 is 2.00 bits per heavy atom. The van der Waals surface area contributed by atoms with Crippen molar-refractivity contribution >= 4 is 22.9 Å². The lowest BCUT2D eigenvalue weighted by atomic mass is 10.2. The zero-order valence-electron chi connectivity index (χ0n) is 9.70. The molecular weight excluding hydrogens is 246 g/mol. The van der Waals surface area contributed by atoms with Gasteiger partial charge in [0.1, 0.15) is 11.6 Å². The number of nitro groups is 1. The van der Waals surface area contributed by atoms with Crippen LogP contribution in [0.5, 0.6) is 0 Å². The fourth-order valence-electron chi connectivity index (χ4n) is 1.52. The molecule has 19 heavy (non-hydrogen) atoms. The molecule has 0 unspecified atom stereocenters. The van der Waals surface area contributed by atoms with E-state index in [0.717, 1.165) is 0 Å². The van der Waals surface area contributed by atoms with E-state index < -0.39 is 4.92 Å². The quantitative estimate of drug-likeness (QED) is 0.493. The maximum absolute atomic E-state index is 11.0. The highest BCUT2D eigenvalue weighted by Crippen LogP contribution is 2.28. The number of nitrogens with two attached hydrogens (primary N) is 1. The van der Waals surface area contributed by atoms with Crippen LogP contribution in [0.2, 0.25) is 0 Å². The fraction of sp³-hybridized carbons (Fsp3) is 0. The summed E-state index contributed by atoms with van der Waals surface area (Å²) in [6.45, 7) is 0. The van der Waals surface area contributed by atoms with E-state index in [0.29, 0.717) is 11.4 Å². The van der Waals surface area contributed by atoms with Crippen molar-refractivity contribution < 1.29 is 4.92 Å². The third kappa shape index (κ3) is 2.58. The molecule has 0 fully saturated rings. The smallest absolute Gasteiger partial charge is 0.329 e. The van der Waals surface area contributed by atoms with Crippen molar-refractivity contribution in [3.63, 3.8) is 0 Å². The standard InChI is InChI=1S/C12H9N5O2/c13-7-8-5-6-15-12(11(8)17(18)19)16-10-3-1-9(14)2-4-10/h1-6H,14H2,(H,15,16). The largest absolute Gasteiger partial charge is 0.399 e. The molecule has 0 aliphatic rings. The zero-order valence-corrected chi connectivity index (χ0v) is 9.70. The van der Waals surface area contributed by atoms with Crippen LogP contribution in [0.1, 0.15) is 5.56 Å². The minimum absolute atomic E-state index is 0.0221. The lowest BCUT2D eigenvalue weighted by molar-refractivity contribution is -0.384. The monoisotopic (exact) mass is 255 g/mol. The van der Waals surface area contributed by atoms with Crippen molar-refractivity contribution in [2.24, 2.45) is 0 Å². The van der Waals surface area contributed by atoms with Gasteiger partial charge in [-0.3, -0.25) is 10.1 Å². The van der Waals surface area contributed by atoms with Crippen LogP contribution in [0, 0.1) is 21.4 Å². The van der Waals surface area contributed by atoms with Gasteiger partial charge >= 0.3 is 5.69 Å². The molecule has 0 radical (unpaired) electrons. The molecule has 2 rings (SSSR count). The summed E-state index contributed by atoms with van der Waals surface area (Å²) < 4.78 is 0. The molecule has 7 heteroatoms. The number of rotatable bonds is 3. The van der Waals surface area contributed by atoms with E-state index in [4.69, 9.17) is 11.0 Å². The number of anilines is 3. The molecule has 94 valence electrons. The Morgan fingerprint density at radius 1 is 1.32 bits per heavy atom. The molecule has 2 aromatic rings. The Labute approximate surface area is 108 Å². The highest BCUT2D eigenvalue weighted by molar-refractivity contribution is 5.70. The van der Waals surface area contributed by atoms with Gasteiger partial charge in [0.2, 0.25) is 5.82 Å². The van der Waals surface area contributed by atoms with Gasteiger partial charge in [-0.2, -0.15) is 5.26 Å². The maximum atomic E-state index is 11.0. The number of pyridine rings is 1. The van der Waals surface area contributed by atoms with Gasteiger partial charge in [-0.25, -0.2) is 4.98 Å². The van der Waals surface area contributed by atoms with Gasteiger partial charge < -0.3 is 11.1 Å². The van der Waals surface area contributed by atoms with Gasteiger partial charge in [0.05, 0.1) is 4.92 Å². The Hall–Kier alpha value is -3.14. The van der Waals surface area contributed by atoms with Crippen LogP contribution in [0.4, 0.5) is 22.9 Å². The SMILES string of the molecule is N#Cc1ccnc(Nc2ccc(N)cc2)c1[N+](=O)[O-]. The minimum Gasteiger partial charge on any atom is -0.399 e. The minimum atomic E-state index is -0.634. The maximum Gasteiger partial charge on any atom is 0.329 e. The second kappa shape index (κ2) is 5.01. The summed E-state index contributed by atoms with van der Waals surface area (Å²) >= 11 is 0. The summed E-state index contributed by atoms with van der Waals surface area (Å²) in [6, 6.07) is 9.71. The topological polar surface area (TPSA) is 118 Å². The van der Waals surface area contributed by atoms with Crippen molar-refractivity contribution in [1.82, 2.24) is 4.98 Å². The predicted molar refractivity (Wildman–Crippen MR) is 69.7 cm³/mol. The zero-order chi connectivity index (χ0) is 13.8. The van der Waals surface area contributed by atoms with E-state index in [1.807, 2.05) is 0 Å². The Bertz CT molecular complexity index is 661. The Kier molecular flexibility index (Phi) is 3.25. The fourth-order valence-corrected chi connectivity index (χ4v) is 1.52. The molecule has 0 aliphatic heterocycles. The average molecular weight is 255 g/mol. The first-order valence-corrected chi connectivity index (χ1v) is 5.28. The molecule has 0 amide bonds. The molecule has 7 nitrogen and oxygen atoms in total. The third-order valence-electron chi connectivity index (χ3n) is 2.40. The molecule has 1 aromatic heterocycles. The second-order valence-corrected chi connectivity index (χ2v) is 3.67. The van der Waals surface area contributed by atoms with Gasteiger partial charge in [-0.15, -0.1) is 0 Å². The molecule has 0 aliphatic carbocycles. The first-order valence-electron chi connectivity index (χ1n) is 5.28. The van der Waals surface area contributed by atoms with Crippen LogP contribution in [0.3, 0.4) is 0 Å². The lowest BCUT2D eigenvalue weighted by Gasteiger charge is -2.06. The average Bonchev–Trinajstić information content (AvgIpc) is 2.40. The molecule has 0 bridgehead atoms. The van der Waals surface area contributed by atoms with Crippen LogP contribution in [0.25, 0.3) is 0 Å². The third-order valence-corrected chi connectivity index (χ3v) is 2.40. The van der Waals surface area contributed by atoms with E-state index >= 15 is 0 Å². The Morgan fingerprint density at radius 3 is 2.58 bits per heavy atom. The van der Waals surface area contributed by atoms with Crippen LogP contribution >= 0.6 is 0 Å². The van der Waals surface area contributed by atoms with Crippen LogP contribution < -0.4 is 11.1 Å². The summed E-state index contributed by atoms with van der Waals surface area (Å²) in [7, 11) is 0. The Balaban J connectivity index is 2.43. The van der Waals surface area contributed by atoms with Crippen molar-refractivity contribution in [3.05, 3.63) is 52.2 Å². The number of benzene rings is 1. The summed E-state index contributed by atoms with van der Waals surface area (Å²) in [5.74, 6) is 0.0221. The number of nitrogens with one attached hydrogen (secondary N) is 1. The van der Waals surface area contributed by atoms with Gasteiger partial charge in [0, 0.05) is 17.6 Å². The predicted octanol–water partition coefficient (Wildman–Crippen LogP) is 2.19. The molecular formula is C12H9N5O2. The van der Waals surface area contributed by atoms with E-state index in [1.54, 1.807) is 30.3 Å². The number of nitrogens with zero attached hydrogens (tertiary/aromatic N) is 3. The van der Waals surface area contributed by atoms with Crippen molar-refractivity contribution in [1.29, 1.82) is 5.26 Å². The molecule has 0 spiro atoms. The highest BCUT2D eigenvalue weighted by Gasteiger charge is 2.21. The van der Waals surface area contributed by atoms with Crippen LogP contribution in [-0.2, 0) is 0 Å². The van der Waals surface area contributed by atoms with Gasteiger partial charge in [-0.05, 0) is 30.3 Å². The number of nitrogen functional groups attached to an aromatic ring is 1. The number of aromatic nitrogens is 1. The summed E-state index contributed by atoms with van der Waals surface area (Å²) in [5, 5.41) is 22.7. The number of hydrogen-bond donors (Lipinski definition) is 2. The first kappa shape index (κ1) is 12.3. The second-order valence-electron chi connectivity index (χ2n) is 3.67. The molecule has 3 N–H and O–H groups in total. The van der Waals surface area contributed by atoms with E-state index in [1.165, 1.54) is 12.3 Å². The molecule has 1 aromatic carbocycles. The van der Waals surface area contributed by atoms with Crippen molar-refractivity contribution in [2.45, 2.75) is 0 Å². The molecule has 1 heterocycles. The van der Waals surface area contributed by atoms with Crippen molar-refractivity contribution in [2.75, 3.05) is 11.1 Å². The number of nitriles is 1. The van der Waals surface area contributed by atoms with Crippen LogP contribution in [0.15, 0.2) is 36.5 Å². The van der Waals surface area contributed by atoms with Gasteiger partial charge in [0.15, 0.2) is 0 Å².